The van der Waals surface area contributed by atoms with Gasteiger partial charge in [0.25, 0.3) is 0 Å². The van der Waals surface area contributed by atoms with Gasteiger partial charge >= 0.3 is 0 Å². The average molecular weight is 283 g/mol. The summed E-state index contributed by atoms with van der Waals surface area (Å²) in [6.45, 7) is 8.58. The van der Waals surface area contributed by atoms with E-state index in [-0.39, 0.29) is 0 Å². The highest BCUT2D eigenvalue weighted by Gasteiger charge is 2.07. The molecule has 0 bridgehead atoms. The summed E-state index contributed by atoms with van der Waals surface area (Å²) in [5, 5.41) is 6.67. The molecule has 0 amide bonds. The number of ether oxygens (including phenoxy) is 1. The van der Waals surface area contributed by atoms with E-state index in [2.05, 4.69) is 48.5 Å². The summed E-state index contributed by atoms with van der Waals surface area (Å²) >= 11 is 1.86. The van der Waals surface area contributed by atoms with Crippen molar-refractivity contribution in [3.05, 3.63) is 21.9 Å². The molecule has 0 aliphatic carbocycles. The van der Waals surface area contributed by atoms with Gasteiger partial charge in [0.15, 0.2) is 5.96 Å². The largest absolute Gasteiger partial charge is 0.383 e. The molecule has 0 fully saturated rings. The van der Waals surface area contributed by atoms with Crippen LogP contribution in [0.3, 0.4) is 0 Å². The lowest BCUT2D eigenvalue weighted by Crippen LogP contribution is -2.43. The predicted octanol–water partition coefficient (Wildman–Crippen LogP) is 2.19. The Morgan fingerprint density at radius 3 is 2.84 bits per heavy atom. The molecule has 19 heavy (non-hydrogen) atoms. The SMILES string of the molecule is CCNC(=NCCOC)NC(C)Cc1ccc(C)s1. The van der Waals surface area contributed by atoms with Gasteiger partial charge < -0.3 is 15.4 Å². The van der Waals surface area contributed by atoms with E-state index < -0.39 is 0 Å². The molecule has 4 nitrogen and oxygen atoms in total. The molecule has 0 aromatic carbocycles. The smallest absolute Gasteiger partial charge is 0.191 e. The fourth-order valence-corrected chi connectivity index (χ4v) is 2.77. The molecule has 0 radical (unpaired) electrons. The highest BCUT2D eigenvalue weighted by atomic mass is 32.1. The van der Waals surface area contributed by atoms with Gasteiger partial charge in [-0.15, -0.1) is 11.3 Å². The van der Waals surface area contributed by atoms with Crippen molar-refractivity contribution < 1.29 is 4.74 Å². The van der Waals surface area contributed by atoms with Crippen molar-refractivity contribution in [3.63, 3.8) is 0 Å². The Morgan fingerprint density at radius 1 is 1.47 bits per heavy atom. The molecule has 1 heterocycles. The predicted molar refractivity (Wildman–Crippen MR) is 83.2 cm³/mol. The molecule has 1 aromatic rings. The van der Waals surface area contributed by atoms with Crippen molar-refractivity contribution in [1.29, 1.82) is 0 Å². The van der Waals surface area contributed by atoms with E-state index in [0.29, 0.717) is 19.2 Å². The van der Waals surface area contributed by atoms with Crippen LogP contribution in [0.1, 0.15) is 23.6 Å². The molecule has 0 saturated heterocycles. The number of hydrogen-bond donors (Lipinski definition) is 2. The van der Waals surface area contributed by atoms with E-state index in [1.165, 1.54) is 9.75 Å². The van der Waals surface area contributed by atoms with Crippen LogP contribution in [0.5, 0.6) is 0 Å². The number of rotatable bonds is 7. The normalized spacial score (nSPS) is 13.4. The Kier molecular flexibility index (Phi) is 7.52. The zero-order valence-corrected chi connectivity index (χ0v) is 13.1. The van der Waals surface area contributed by atoms with Crippen molar-refractivity contribution in [2.24, 2.45) is 4.99 Å². The van der Waals surface area contributed by atoms with Crippen LogP contribution in [0.15, 0.2) is 17.1 Å². The third-order valence-electron chi connectivity index (χ3n) is 2.60. The number of thiophene rings is 1. The van der Waals surface area contributed by atoms with Gasteiger partial charge in [0.1, 0.15) is 0 Å². The van der Waals surface area contributed by atoms with Crippen LogP contribution in [-0.4, -0.2) is 38.8 Å². The summed E-state index contributed by atoms with van der Waals surface area (Å²) in [5.74, 6) is 0.861. The molecule has 2 N–H and O–H groups in total. The summed E-state index contributed by atoms with van der Waals surface area (Å²) in [4.78, 5) is 7.23. The third-order valence-corrected chi connectivity index (χ3v) is 3.62. The fourth-order valence-electron chi connectivity index (χ4n) is 1.75. The first-order valence-electron chi connectivity index (χ1n) is 6.74. The first-order chi connectivity index (χ1) is 9.15. The van der Waals surface area contributed by atoms with Gasteiger partial charge in [-0.3, -0.25) is 4.99 Å². The molecule has 0 aliphatic heterocycles. The maximum absolute atomic E-state index is 5.01. The molecule has 1 unspecified atom stereocenters. The Labute approximate surface area is 120 Å². The number of guanidine groups is 1. The van der Waals surface area contributed by atoms with Crippen LogP contribution in [0.4, 0.5) is 0 Å². The minimum Gasteiger partial charge on any atom is -0.383 e. The Balaban J connectivity index is 2.45. The van der Waals surface area contributed by atoms with Crippen LogP contribution in [0.2, 0.25) is 0 Å². The Bertz CT molecular complexity index is 390. The van der Waals surface area contributed by atoms with Gasteiger partial charge in [0.05, 0.1) is 13.2 Å². The summed E-state index contributed by atoms with van der Waals surface area (Å²) < 4.78 is 5.01. The minimum absolute atomic E-state index is 0.360. The van der Waals surface area contributed by atoms with Crippen LogP contribution in [0, 0.1) is 6.92 Å². The molecule has 0 saturated carbocycles. The highest BCUT2D eigenvalue weighted by molar-refractivity contribution is 7.11. The van der Waals surface area contributed by atoms with Crippen molar-refractivity contribution in [3.8, 4) is 0 Å². The Morgan fingerprint density at radius 2 is 2.26 bits per heavy atom. The van der Waals surface area contributed by atoms with Crippen LogP contribution in [-0.2, 0) is 11.2 Å². The number of methoxy groups -OCH3 is 1. The quantitative estimate of drug-likeness (QED) is 0.458. The number of nitrogens with zero attached hydrogens (tertiary/aromatic N) is 1. The van der Waals surface area contributed by atoms with Gasteiger partial charge in [0.2, 0.25) is 0 Å². The number of aliphatic imine (C=N–C) groups is 1. The lowest BCUT2D eigenvalue weighted by atomic mass is 10.2. The summed E-state index contributed by atoms with van der Waals surface area (Å²) in [6, 6.07) is 4.73. The fraction of sp³-hybridized carbons (Fsp3) is 0.643. The second-order valence-electron chi connectivity index (χ2n) is 4.52. The van der Waals surface area contributed by atoms with Gasteiger partial charge in [-0.05, 0) is 32.9 Å². The number of hydrogen-bond acceptors (Lipinski definition) is 3. The monoisotopic (exact) mass is 283 g/mol. The summed E-state index contributed by atoms with van der Waals surface area (Å²) in [5.41, 5.74) is 0. The molecular weight excluding hydrogens is 258 g/mol. The highest BCUT2D eigenvalue weighted by Crippen LogP contribution is 2.16. The van der Waals surface area contributed by atoms with Gasteiger partial charge in [0, 0.05) is 35.9 Å². The Hall–Kier alpha value is -1.07. The van der Waals surface area contributed by atoms with Gasteiger partial charge in [-0.2, -0.15) is 0 Å². The third kappa shape index (κ3) is 6.59. The van der Waals surface area contributed by atoms with Crippen LogP contribution in [0.25, 0.3) is 0 Å². The zero-order valence-electron chi connectivity index (χ0n) is 12.3. The summed E-state index contributed by atoms with van der Waals surface area (Å²) in [6.07, 6.45) is 1.02. The first-order valence-corrected chi connectivity index (χ1v) is 7.56. The van der Waals surface area contributed by atoms with Crippen molar-refractivity contribution in [1.82, 2.24) is 10.6 Å². The van der Waals surface area contributed by atoms with E-state index >= 15 is 0 Å². The molecular formula is C14H25N3OS. The standard InChI is InChI=1S/C14H25N3OS/c1-5-15-14(16-8-9-18-4)17-11(2)10-13-7-6-12(3)19-13/h6-7,11H,5,8-10H2,1-4H3,(H2,15,16,17). The maximum atomic E-state index is 5.01. The lowest BCUT2D eigenvalue weighted by Gasteiger charge is -2.17. The molecule has 1 aromatic heterocycles. The molecule has 0 spiro atoms. The zero-order chi connectivity index (χ0) is 14.1. The van der Waals surface area contributed by atoms with Crippen LogP contribution >= 0.6 is 11.3 Å². The lowest BCUT2D eigenvalue weighted by molar-refractivity contribution is 0.208. The average Bonchev–Trinajstić information content (AvgIpc) is 2.75. The van der Waals surface area contributed by atoms with E-state index in [9.17, 15) is 0 Å². The van der Waals surface area contributed by atoms with Crippen molar-refractivity contribution in [2.45, 2.75) is 33.2 Å². The topological polar surface area (TPSA) is 45.7 Å². The number of nitrogens with one attached hydrogen (secondary N) is 2. The van der Waals surface area contributed by atoms with Crippen molar-refractivity contribution >= 4 is 17.3 Å². The minimum atomic E-state index is 0.360. The number of aryl methyl sites for hydroxylation is 1. The molecule has 0 aliphatic rings. The summed E-state index contributed by atoms with van der Waals surface area (Å²) in [7, 11) is 1.69. The van der Waals surface area contributed by atoms with E-state index in [4.69, 9.17) is 4.74 Å². The maximum Gasteiger partial charge on any atom is 0.191 e. The molecule has 108 valence electrons. The second-order valence-corrected chi connectivity index (χ2v) is 5.89. The molecule has 1 atom stereocenters. The van der Waals surface area contributed by atoms with Gasteiger partial charge in [-0.25, -0.2) is 0 Å². The van der Waals surface area contributed by atoms with E-state index in [1.54, 1.807) is 7.11 Å². The molecule has 5 heteroatoms. The van der Waals surface area contributed by atoms with Crippen LogP contribution < -0.4 is 10.6 Å². The van der Waals surface area contributed by atoms with E-state index in [0.717, 1.165) is 18.9 Å². The van der Waals surface area contributed by atoms with Crippen molar-refractivity contribution in [2.75, 3.05) is 26.8 Å². The van der Waals surface area contributed by atoms with Gasteiger partial charge in [-0.1, -0.05) is 0 Å². The van der Waals surface area contributed by atoms with E-state index in [1.807, 2.05) is 11.3 Å². The first kappa shape index (κ1) is 16.0. The molecule has 1 rings (SSSR count). The second kappa shape index (κ2) is 8.93.